The van der Waals surface area contributed by atoms with Crippen molar-refractivity contribution < 1.29 is 14.4 Å². The Morgan fingerprint density at radius 2 is 2.00 bits per heavy atom. The lowest BCUT2D eigenvalue weighted by molar-refractivity contribution is -0.148. The molecule has 0 spiro atoms. The Labute approximate surface area is 131 Å². The van der Waals surface area contributed by atoms with Gasteiger partial charge in [-0.1, -0.05) is 19.9 Å². The minimum atomic E-state index is -0.334. The van der Waals surface area contributed by atoms with Gasteiger partial charge in [0.2, 0.25) is 17.7 Å². The van der Waals surface area contributed by atoms with Crippen LogP contribution in [0.2, 0.25) is 0 Å². The Kier molecular flexibility index (Phi) is 5.57. The van der Waals surface area contributed by atoms with Crippen LogP contribution in [0.1, 0.15) is 32.6 Å². The van der Waals surface area contributed by atoms with E-state index in [0.717, 1.165) is 6.42 Å². The summed E-state index contributed by atoms with van der Waals surface area (Å²) in [5.41, 5.74) is 0. The molecule has 0 radical (unpaired) electrons. The topological polar surface area (TPSA) is 69.7 Å². The quantitative estimate of drug-likeness (QED) is 0.771. The van der Waals surface area contributed by atoms with Crippen molar-refractivity contribution in [2.75, 3.05) is 26.2 Å². The lowest BCUT2D eigenvalue weighted by Crippen LogP contribution is -2.59. The highest BCUT2D eigenvalue weighted by Crippen LogP contribution is 2.23. The molecule has 1 atom stereocenters. The largest absolute Gasteiger partial charge is 0.353 e. The van der Waals surface area contributed by atoms with E-state index >= 15 is 0 Å². The maximum absolute atomic E-state index is 12.8. The van der Waals surface area contributed by atoms with E-state index in [1.807, 2.05) is 6.92 Å². The fourth-order valence-corrected chi connectivity index (χ4v) is 3.25. The van der Waals surface area contributed by atoms with Crippen molar-refractivity contribution in [1.82, 2.24) is 15.1 Å². The zero-order valence-corrected chi connectivity index (χ0v) is 13.2. The number of piperazine rings is 1. The molecule has 3 amide bonds. The molecular formula is C16H25N3O3. The van der Waals surface area contributed by atoms with Crippen LogP contribution in [-0.4, -0.2) is 59.7 Å². The molecule has 2 fully saturated rings. The van der Waals surface area contributed by atoms with E-state index in [9.17, 15) is 14.4 Å². The number of piperidine rings is 1. The van der Waals surface area contributed by atoms with Crippen LogP contribution in [0.25, 0.3) is 0 Å². The van der Waals surface area contributed by atoms with E-state index < -0.39 is 0 Å². The highest BCUT2D eigenvalue weighted by atomic mass is 16.2. The maximum atomic E-state index is 12.8. The number of carbonyl (C=O) groups is 3. The Morgan fingerprint density at radius 3 is 2.59 bits per heavy atom. The molecular weight excluding hydrogens is 282 g/mol. The zero-order chi connectivity index (χ0) is 16.1. The molecule has 1 unspecified atom stereocenters. The Bertz CT molecular complexity index is 456. The first kappa shape index (κ1) is 16.5. The second kappa shape index (κ2) is 7.42. The number of carbonyl (C=O) groups excluding carboxylic acids is 3. The number of likely N-dealkylation sites (tertiary alicyclic amines) is 1. The SMILES string of the molecule is C=CC(=O)N1CCC(C(=O)N2CCNC(=O)C2CCC)CC1. The van der Waals surface area contributed by atoms with Crippen LogP contribution in [0.15, 0.2) is 12.7 Å². The molecule has 0 aromatic heterocycles. The summed E-state index contributed by atoms with van der Waals surface area (Å²) >= 11 is 0. The smallest absolute Gasteiger partial charge is 0.245 e. The van der Waals surface area contributed by atoms with Gasteiger partial charge in [-0.3, -0.25) is 14.4 Å². The van der Waals surface area contributed by atoms with Gasteiger partial charge in [-0.2, -0.15) is 0 Å². The first-order valence-electron chi connectivity index (χ1n) is 8.08. The van der Waals surface area contributed by atoms with Crippen LogP contribution in [-0.2, 0) is 14.4 Å². The lowest BCUT2D eigenvalue weighted by Gasteiger charge is -2.39. The van der Waals surface area contributed by atoms with Gasteiger partial charge in [-0.05, 0) is 25.3 Å². The second-order valence-corrected chi connectivity index (χ2v) is 5.93. The molecule has 0 saturated carbocycles. The summed E-state index contributed by atoms with van der Waals surface area (Å²) in [6.45, 7) is 7.79. The third-order valence-electron chi connectivity index (χ3n) is 4.51. The number of nitrogens with zero attached hydrogens (tertiary/aromatic N) is 2. The van der Waals surface area contributed by atoms with E-state index in [0.29, 0.717) is 45.4 Å². The summed E-state index contributed by atoms with van der Waals surface area (Å²) in [5, 5.41) is 2.84. The molecule has 122 valence electrons. The van der Waals surface area contributed by atoms with E-state index in [1.165, 1.54) is 6.08 Å². The summed E-state index contributed by atoms with van der Waals surface area (Å²) in [7, 11) is 0. The molecule has 6 heteroatoms. The average molecular weight is 307 g/mol. The second-order valence-electron chi connectivity index (χ2n) is 5.93. The number of amides is 3. The molecule has 6 nitrogen and oxygen atoms in total. The van der Waals surface area contributed by atoms with Gasteiger partial charge in [0.05, 0.1) is 0 Å². The Morgan fingerprint density at radius 1 is 1.32 bits per heavy atom. The van der Waals surface area contributed by atoms with Gasteiger partial charge in [-0.15, -0.1) is 0 Å². The van der Waals surface area contributed by atoms with Crippen molar-refractivity contribution in [3.05, 3.63) is 12.7 Å². The third-order valence-corrected chi connectivity index (χ3v) is 4.51. The van der Waals surface area contributed by atoms with Crippen LogP contribution in [0.5, 0.6) is 0 Å². The first-order valence-corrected chi connectivity index (χ1v) is 8.08. The summed E-state index contributed by atoms with van der Waals surface area (Å²) in [4.78, 5) is 39.8. The predicted molar refractivity (Wildman–Crippen MR) is 82.9 cm³/mol. The van der Waals surface area contributed by atoms with Gasteiger partial charge < -0.3 is 15.1 Å². The van der Waals surface area contributed by atoms with Gasteiger partial charge in [0.15, 0.2) is 0 Å². The Balaban J connectivity index is 1.97. The summed E-state index contributed by atoms with van der Waals surface area (Å²) in [6.07, 6.45) is 4.21. The maximum Gasteiger partial charge on any atom is 0.245 e. The van der Waals surface area contributed by atoms with E-state index in [-0.39, 0.29) is 29.7 Å². The molecule has 2 rings (SSSR count). The fraction of sp³-hybridized carbons (Fsp3) is 0.688. The van der Waals surface area contributed by atoms with Crippen molar-refractivity contribution in [3.63, 3.8) is 0 Å². The number of rotatable bonds is 4. The van der Waals surface area contributed by atoms with Crippen LogP contribution in [0.3, 0.4) is 0 Å². The van der Waals surface area contributed by atoms with E-state index in [4.69, 9.17) is 0 Å². The summed E-state index contributed by atoms with van der Waals surface area (Å²) < 4.78 is 0. The van der Waals surface area contributed by atoms with Crippen molar-refractivity contribution >= 4 is 17.7 Å². The molecule has 0 aromatic carbocycles. The van der Waals surface area contributed by atoms with Crippen molar-refractivity contribution in [3.8, 4) is 0 Å². The minimum absolute atomic E-state index is 0.0410. The van der Waals surface area contributed by atoms with Crippen molar-refractivity contribution in [1.29, 1.82) is 0 Å². The highest BCUT2D eigenvalue weighted by molar-refractivity contribution is 5.90. The number of hydrogen-bond acceptors (Lipinski definition) is 3. The fourth-order valence-electron chi connectivity index (χ4n) is 3.25. The van der Waals surface area contributed by atoms with E-state index in [1.54, 1.807) is 9.80 Å². The van der Waals surface area contributed by atoms with Gasteiger partial charge >= 0.3 is 0 Å². The van der Waals surface area contributed by atoms with Crippen molar-refractivity contribution in [2.45, 2.75) is 38.6 Å². The zero-order valence-electron chi connectivity index (χ0n) is 13.2. The number of nitrogens with one attached hydrogen (secondary N) is 1. The normalized spacial score (nSPS) is 23.1. The molecule has 0 aliphatic carbocycles. The number of hydrogen-bond donors (Lipinski definition) is 1. The highest BCUT2D eigenvalue weighted by Gasteiger charge is 2.36. The molecule has 2 aliphatic heterocycles. The molecule has 1 N–H and O–H groups in total. The van der Waals surface area contributed by atoms with Crippen LogP contribution in [0, 0.1) is 5.92 Å². The lowest BCUT2D eigenvalue weighted by atomic mass is 9.93. The van der Waals surface area contributed by atoms with Crippen LogP contribution >= 0.6 is 0 Å². The van der Waals surface area contributed by atoms with E-state index in [2.05, 4.69) is 11.9 Å². The summed E-state index contributed by atoms with van der Waals surface area (Å²) in [6, 6.07) is -0.334. The molecule has 0 aromatic rings. The summed E-state index contributed by atoms with van der Waals surface area (Å²) in [5.74, 6) is -0.133. The van der Waals surface area contributed by atoms with Gasteiger partial charge in [0.25, 0.3) is 0 Å². The average Bonchev–Trinajstić information content (AvgIpc) is 2.55. The van der Waals surface area contributed by atoms with Gasteiger partial charge in [0, 0.05) is 32.1 Å². The Hall–Kier alpha value is -1.85. The minimum Gasteiger partial charge on any atom is -0.353 e. The molecule has 22 heavy (non-hydrogen) atoms. The van der Waals surface area contributed by atoms with Gasteiger partial charge in [-0.25, -0.2) is 0 Å². The van der Waals surface area contributed by atoms with Crippen LogP contribution in [0.4, 0.5) is 0 Å². The monoisotopic (exact) mass is 307 g/mol. The third kappa shape index (κ3) is 3.48. The molecule has 0 bridgehead atoms. The first-order chi connectivity index (χ1) is 10.6. The standard InChI is InChI=1S/C16H25N3O3/c1-3-5-13-15(21)17-8-11-19(13)16(22)12-6-9-18(10-7-12)14(20)4-2/h4,12-13H,2-3,5-11H2,1H3,(H,17,21). The van der Waals surface area contributed by atoms with Crippen LogP contribution < -0.4 is 5.32 Å². The molecule has 2 aliphatic rings. The molecule has 2 heterocycles. The van der Waals surface area contributed by atoms with Crippen molar-refractivity contribution in [2.24, 2.45) is 5.92 Å². The predicted octanol–water partition coefficient (Wildman–Crippen LogP) is 0.538. The van der Waals surface area contributed by atoms with Gasteiger partial charge in [0.1, 0.15) is 6.04 Å². The molecule has 2 saturated heterocycles.